The maximum absolute atomic E-state index is 12.6. The molecule has 1 aliphatic carbocycles. The molecule has 49 heavy (non-hydrogen) atoms. The molecule has 0 spiro atoms. The first-order valence-electron chi connectivity index (χ1n) is 17.0. The van der Waals surface area contributed by atoms with E-state index >= 15 is 0 Å². The lowest BCUT2D eigenvalue weighted by Crippen LogP contribution is -2.46. The molecule has 0 saturated carbocycles. The van der Waals surface area contributed by atoms with Crippen molar-refractivity contribution in [1.82, 2.24) is 14.5 Å². The van der Waals surface area contributed by atoms with Crippen LogP contribution in [0.2, 0.25) is 0 Å². The number of allylic oxidation sites excluding steroid dienone is 1. The SMILES string of the molecule is COc1ccc(CCc2oc(=O)n(CCCN3CCN(c4ccccc4)CC3)c2O)cc1OCc1coc(C2=Cc3ccccc3CC2)n1. The van der Waals surface area contributed by atoms with Crippen LogP contribution in [0.5, 0.6) is 17.4 Å². The van der Waals surface area contributed by atoms with E-state index in [0.717, 1.165) is 63.1 Å². The first kappa shape index (κ1) is 32.3. The van der Waals surface area contributed by atoms with Crippen molar-refractivity contribution in [3.05, 3.63) is 124 Å². The number of benzene rings is 3. The van der Waals surface area contributed by atoms with Crippen LogP contribution in [0, 0.1) is 0 Å². The molecule has 10 nitrogen and oxygen atoms in total. The highest BCUT2D eigenvalue weighted by molar-refractivity contribution is 5.81. The summed E-state index contributed by atoms with van der Waals surface area (Å²) >= 11 is 0. The van der Waals surface area contributed by atoms with Crippen LogP contribution in [0.15, 0.2) is 92.7 Å². The maximum atomic E-state index is 12.6. The Labute approximate surface area is 285 Å². The minimum absolute atomic E-state index is 0.0951. The van der Waals surface area contributed by atoms with Crippen molar-refractivity contribution in [2.75, 3.05) is 44.7 Å². The lowest BCUT2D eigenvalue weighted by molar-refractivity contribution is 0.247. The van der Waals surface area contributed by atoms with Gasteiger partial charge in [0, 0.05) is 50.4 Å². The number of anilines is 1. The largest absolute Gasteiger partial charge is 0.493 e. The van der Waals surface area contributed by atoms with Gasteiger partial charge in [0.25, 0.3) is 0 Å². The van der Waals surface area contributed by atoms with E-state index in [1.165, 1.54) is 21.4 Å². The molecule has 2 aliphatic rings. The topological polar surface area (TPSA) is 106 Å². The highest BCUT2D eigenvalue weighted by Crippen LogP contribution is 2.32. The van der Waals surface area contributed by atoms with Crippen LogP contribution in [0.4, 0.5) is 5.69 Å². The van der Waals surface area contributed by atoms with Crippen molar-refractivity contribution >= 4 is 17.3 Å². The van der Waals surface area contributed by atoms with Crippen molar-refractivity contribution in [1.29, 1.82) is 0 Å². The third kappa shape index (κ3) is 7.60. The van der Waals surface area contributed by atoms with Crippen LogP contribution < -0.4 is 20.1 Å². The zero-order valence-corrected chi connectivity index (χ0v) is 27.8. The minimum atomic E-state index is -0.527. The molecular weight excluding hydrogens is 620 g/mol. The van der Waals surface area contributed by atoms with Gasteiger partial charge in [0.1, 0.15) is 18.6 Å². The molecule has 0 amide bonds. The van der Waals surface area contributed by atoms with Crippen LogP contribution >= 0.6 is 0 Å². The first-order chi connectivity index (χ1) is 24.0. The van der Waals surface area contributed by atoms with E-state index in [-0.39, 0.29) is 18.2 Å². The van der Waals surface area contributed by atoms with Gasteiger partial charge < -0.3 is 28.3 Å². The molecule has 3 heterocycles. The number of fused-ring (bicyclic) bond motifs is 1. The predicted molar refractivity (Wildman–Crippen MR) is 188 cm³/mol. The average Bonchev–Trinajstić information content (AvgIpc) is 3.73. The van der Waals surface area contributed by atoms with Gasteiger partial charge >= 0.3 is 5.76 Å². The number of methoxy groups -OCH3 is 1. The number of oxazole rings is 2. The summed E-state index contributed by atoms with van der Waals surface area (Å²) in [5.41, 5.74) is 6.50. The first-order valence-corrected chi connectivity index (χ1v) is 17.0. The van der Waals surface area contributed by atoms with Gasteiger partial charge in [-0.25, -0.2) is 14.3 Å². The van der Waals surface area contributed by atoms with Gasteiger partial charge in [-0.05, 0) is 79.3 Å². The highest BCUT2D eigenvalue weighted by Gasteiger charge is 2.20. The molecule has 1 saturated heterocycles. The summed E-state index contributed by atoms with van der Waals surface area (Å²) in [6.07, 6.45) is 7.26. The fourth-order valence-corrected chi connectivity index (χ4v) is 6.64. The van der Waals surface area contributed by atoms with Crippen LogP contribution in [0.1, 0.15) is 46.9 Å². The van der Waals surface area contributed by atoms with Gasteiger partial charge in [0.05, 0.1) is 7.11 Å². The molecule has 1 N–H and O–H groups in total. The number of rotatable bonds is 13. The number of aromatic hydroxyl groups is 1. The number of aromatic nitrogens is 2. The summed E-state index contributed by atoms with van der Waals surface area (Å²) in [4.78, 5) is 22.1. The van der Waals surface area contributed by atoms with Crippen LogP contribution in [-0.4, -0.2) is 59.4 Å². The Balaban J connectivity index is 0.912. The van der Waals surface area contributed by atoms with Crippen molar-refractivity contribution in [3.8, 4) is 17.4 Å². The number of nitrogens with zero attached hydrogens (tertiary/aromatic N) is 4. The average molecular weight is 663 g/mol. The zero-order valence-electron chi connectivity index (χ0n) is 27.8. The molecule has 7 rings (SSSR count). The lowest BCUT2D eigenvalue weighted by atomic mass is 9.92. The summed E-state index contributed by atoms with van der Waals surface area (Å²) in [7, 11) is 1.60. The number of aryl methyl sites for hydroxylation is 3. The van der Waals surface area contributed by atoms with E-state index in [4.69, 9.17) is 18.3 Å². The molecular formula is C39H42N4O6. The second-order valence-corrected chi connectivity index (χ2v) is 12.6. The molecule has 0 radical (unpaired) electrons. The number of piperazine rings is 1. The van der Waals surface area contributed by atoms with E-state index in [1.54, 1.807) is 13.4 Å². The van der Waals surface area contributed by atoms with Gasteiger partial charge in [0.2, 0.25) is 11.8 Å². The Morgan fingerprint density at radius 3 is 2.55 bits per heavy atom. The quantitative estimate of drug-likeness (QED) is 0.158. The standard InChI is InChI=1S/C39H42N4O6/c1-46-34-16-12-28(24-36(34)47-26-32-27-48-37(40-32)31-15-14-29-8-5-6-9-30(29)25-31)13-17-35-38(44)43(39(45)49-35)19-7-18-41-20-22-42(23-21-41)33-10-3-2-4-11-33/h2-6,8-12,16,24-25,27,44H,7,13-15,17-23,26H2,1H3. The Bertz CT molecular complexity index is 1950. The van der Waals surface area contributed by atoms with Crippen LogP contribution in [0.3, 0.4) is 0 Å². The number of hydrogen-bond donors (Lipinski definition) is 1. The van der Waals surface area contributed by atoms with Gasteiger partial charge in [-0.2, -0.15) is 0 Å². The molecule has 1 fully saturated rings. The molecule has 3 aromatic carbocycles. The molecule has 254 valence electrons. The van der Waals surface area contributed by atoms with Crippen molar-refractivity contribution < 1.29 is 23.4 Å². The second-order valence-electron chi connectivity index (χ2n) is 12.6. The van der Waals surface area contributed by atoms with Crippen LogP contribution in [0.25, 0.3) is 11.6 Å². The summed E-state index contributed by atoms with van der Waals surface area (Å²) in [6, 6.07) is 24.5. The van der Waals surface area contributed by atoms with E-state index in [2.05, 4.69) is 63.3 Å². The summed E-state index contributed by atoms with van der Waals surface area (Å²) in [5, 5.41) is 10.9. The number of hydrogen-bond acceptors (Lipinski definition) is 9. The van der Waals surface area contributed by atoms with Crippen molar-refractivity contribution in [2.45, 2.75) is 45.3 Å². The Hall–Kier alpha value is -5.22. The Kier molecular flexibility index (Phi) is 9.84. The highest BCUT2D eigenvalue weighted by atomic mass is 16.5. The maximum Gasteiger partial charge on any atom is 0.422 e. The monoisotopic (exact) mass is 662 g/mol. The summed E-state index contributed by atoms with van der Waals surface area (Å²) < 4.78 is 24.3. The van der Waals surface area contributed by atoms with E-state index in [0.29, 0.717) is 42.5 Å². The Morgan fingerprint density at radius 2 is 1.71 bits per heavy atom. The molecule has 5 aromatic rings. The fraction of sp³-hybridized carbons (Fsp3) is 0.333. The summed E-state index contributed by atoms with van der Waals surface area (Å²) in [6.45, 7) is 5.35. The third-order valence-electron chi connectivity index (χ3n) is 9.40. The molecule has 0 bridgehead atoms. The number of ether oxygens (including phenoxy) is 2. The molecule has 0 atom stereocenters. The van der Waals surface area contributed by atoms with Gasteiger partial charge in [-0.3, -0.25) is 4.90 Å². The number of para-hydroxylation sites is 1. The molecule has 0 unspecified atom stereocenters. The van der Waals surface area contributed by atoms with E-state index in [9.17, 15) is 9.90 Å². The van der Waals surface area contributed by atoms with Crippen molar-refractivity contribution in [2.24, 2.45) is 0 Å². The smallest absolute Gasteiger partial charge is 0.422 e. The third-order valence-corrected chi connectivity index (χ3v) is 9.40. The lowest BCUT2D eigenvalue weighted by Gasteiger charge is -2.36. The van der Waals surface area contributed by atoms with Crippen LogP contribution in [-0.2, 0) is 32.4 Å². The molecule has 10 heteroatoms. The van der Waals surface area contributed by atoms with Gasteiger partial charge in [-0.15, -0.1) is 0 Å². The fourth-order valence-electron chi connectivity index (χ4n) is 6.64. The van der Waals surface area contributed by atoms with Gasteiger partial charge in [-0.1, -0.05) is 48.5 Å². The zero-order chi connectivity index (χ0) is 33.6. The Morgan fingerprint density at radius 1 is 0.898 bits per heavy atom. The summed E-state index contributed by atoms with van der Waals surface area (Å²) in [5.74, 6) is 1.45. The van der Waals surface area contributed by atoms with Crippen molar-refractivity contribution in [3.63, 3.8) is 0 Å². The van der Waals surface area contributed by atoms with E-state index < -0.39 is 5.76 Å². The molecule has 1 aliphatic heterocycles. The minimum Gasteiger partial charge on any atom is -0.493 e. The predicted octanol–water partition coefficient (Wildman–Crippen LogP) is 6.21. The molecule has 2 aromatic heterocycles. The van der Waals surface area contributed by atoms with Gasteiger partial charge in [0.15, 0.2) is 17.3 Å². The second kappa shape index (κ2) is 14.9. The normalized spacial score (nSPS) is 14.8. The van der Waals surface area contributed by atoms with E-state index in [1.807, 2.05) is 30.3 Å².